The minimum Gasteiger partial charge on any atom is -0.339 e. The maximum absolute atomic E-state index is 15.1. The minimum absolute atomic E-state index is 0.111. The van der Waals surface area contributed by atoms with Crippen LogP contribution in [0.1, 0.15) is 21.6 Å². The van der Waals surface area contributed by atoms with Crippen molar-refractivity contribution in [3.8, 4) is 11.1 Å². The predicted octanol–water partition coefficient (Wildman–Crippen LogP) is 1.95. The number of rotatable bonds is 3. The zero-order valence-corrected chi connectivity index (χ0v) is 17.4. The average molecular weight is 414 g/mol. The molecule has 5 rings (SSSR count). The molecule has 0 aliphatic carbocycles. The van der Waals surface area contributed by atoms with Gasteiger partial charge in [0.2, 0.25) is 0 Å². The zero-order chi connectivity index (χ0) is 21.9. The predicted molar refractivity (Wildman–Crippen MR) is 119 cm³/mol. The average Bonchev–Trinajstić information content (AvgIpc) is 3.19. The molecular formula is C22H18B2F2N4O. The fraction of sp³-hybridized carbons (Fsp3) is 0.136. The third-order valence-electron chi connectivity index (χ3n) is 5.93. The number of halogens is 2. The summed E-state index contributed by atoms with van der Waals surface area (Å²) in [5, 5.41) is 4.34. The van der Waals surface area contributed by atoms with Gasteiger partial charge >= 0.3 is 0 Å². The Morgan fingerprint density at radius 2 is 1.90 bits per heavy atom. The van der Waals surface area contributed by atoms with Gasteiger partial charge < -0.3 is 4.90 Å². The molecule has 152 valence electrons. The molecule has 0 fully saturated rings. The highest BCUT2D eigenvalue weighted by molar-refractivity contribution is 6.42. The summed E-state index contributed by atoms with van der Waals surface area (Å²) in [7, 11) is 5.57. The summed E-state index contributed by atoms with van der Waals surface area (Å²) in [6.07, 6.45) is 3.44. The Morgan fingerprint density at radius 1 is 1.10 bits per heavy atom. The lowest BCUT2D eigenvalue weighted by Gasteiger charge is -2.32. The normalized spacial score (nSPS) is 14.9. The molecule has 0 unspecified atom stereocenters. The molecule has 0 bridgehead atoms. The highest BCUT2D eigenvalue weighted by Crippen LogP contribution is 2.35. The zero-order valence-electron chi connectivity index (χ0n) is 17.4. The molecule has 5 nitrogen and oxygen atoms in total. The first-order valence-electron chi connectivity index (χ1n) is 9.95. The van der Waals surface area contributed by atoms with Crippen molar-refractivity contribution in [2.45, 2.75) is 11.9 Å². The van der Waals surface area contributed by atoms with E-state index in [1.165, 1.54) is 18.2 Å². The highest BCUT2D eigenvalue weighted by Gasteiger charge is 2.43. The van der Waals surface area contributed by atoms with Crippen LogP contribution in [0.15, 0.2) is 54.9 Å². The van der Waals surface area contributed by atoms with Crippen LogP contribution >= 0.6 is 0 Å². The lowest BCUT2D eigenvalue weighted by atomic mass is 9.59. The summed E-state index contributed by atoms with van der Waals surface area (Å²) in [6, 6.07) is 11.0. The van der Waals surface area contributed by atoms with Crippen molar-refractivity contribution < 1.29 is 13.6 Å². The SMILES string of the molecule is BC1(B)c2ncccc2C(=O)N1Cc1ccc(-c2cc(F)cc3nn(C)cc23)cc1F. The van der Waals surface area contributed by atoms with Crippen LogP contribution in [0.4, 0.5) is 8.78 Å². The van der Waals surface area contributed by atoms with E-state index in [0.717, 1.165) is 5.39 Å². The molecule has 2 aromatic carbocycles. The number of carbonyl (C=O) groups is 1. The van der Waals surface area contributed by atoms with Gasteiger partial charge in [-0.3, -0.25) is 14.5 Å². The second kappa shape index (κ2) is 6.77. The van der Waals surface area contributed by atoms with Gasteiger partial charge in [0.1, 0.15) is 27.3 Å². The second-order valence-electron chi connectivity index (χ2n) is 8.34. The molecule has 3 heterocycles. The van der Waals surface area contributed by atoms with Gasteiger partial charge in [-0.1, -0.05) is 12.1 Å². The lowest BCUT2D eigenvalue weighted by molar-refractivity contribution is 0.0729. The van der Waals surface area contributed by atoms with Crippen LogP contribution in [-0.4, -0.2) is 41.3 Å². The largest absolute Gasteiger partial charge is 0.339 e. The van der Waals surface area contributed by atoms with Gasteiger partial charge in [-0.25, -0.2) is 8.78 Å². The van der Waals surface area contributed by atoms with E-state index >= 15 is 4.39 Å². The van der Waals surface area contributed by atoms with E-state index in [0.29, 0.717) is 33.5 Å². The van der Waals surface area contributed by atoms with Gasteiger partial charge in [0.15, 0.2) is 0 Å². The molecule has 0 N–H and O–H groups in total. The number of hydrogen-bond acceptors (Lipinski definition) is 3. The number of hydrogen-bond donors (Lipinski definition) is 0. The molecule has 9 heteroatoms. The van der Waals surface area contributed by atoms with Crippen molar-refractivity contribution in [3.05, 3.63) is 83.3 Å². The van der Waals surface area contributed by atoms with E-state index in [1.807, 2.05) is 15.7 Å². The van der Waals surface area contributed by atoms with Crippen molar-refractivity contribution in [3.63, 3.8) is 0 Å². The maximum Gasteiger partial charge on any atom is 0.255 e. The second-order valence-corrected chi connectivity index (χ2v) is 8.34. The summed E-state index contributed by atoms with van der Waals surface area (Å²) >= 11 is 0. The van der Waals surface area contributed by atoms with Gasteiger partial charge in [0, 0.05) is 48.3 Å². The van der Waals surface area contributed by atoms with Crippen molar-refractivity contribution >= 4 is 32.5 Å². The number of benzene rings is 2. The van der Waals surface area contributed by atoms with Gasteiger partial charge in [-0.15, -0.1) is 0 Å². The fourth-order valence-electron chi connectivity index (χ4n) is 4.32. The standard InChI is InChI=1S/C22H18B2F2N4O/c1-29-11-17-16(8-14(25)9-19(17)28-29)12-4-5-13(18(26)7-12)10-30-21(31)15-3-2-6-27-20(15)22(30,23)24/h2-9,11H,10,23-24H2,1H3. The van der Waals surface area contributed by atoms with Crippen LogP contribution in [0.5, 0.6) is 0 Å². The molecule has 31 heavy (non-hydrogen) atoms. The van der Waals surface area contributed by atoms with Gasteiger partial charge in [0.05, 0.1) is 16.8 Å². The minimum atomic E-state index is -0.650. The van der Waals surface area contributed by atoms with Crippen molar-refractivity contribution in [1.29, 1.82) is 0 Å². The number of aryl methyl sites for hydroxylation is 1. The van der Waals surface area contributed by atoms with E-state index in [2.05, 4.69) is 10.1 Å². The van der Waals surface area contributed by atoms with E-state index in [1.54, 1.807) is 53.3 Å². The molecule has 0 saturated carbocycles. The topological polar surface area (TPSA) is 51.0 Å². The van der Waals surface area contributed by atoms with Crippen LogP contribution in [0.3, 0.4) is 0 Å². The number of aromatic nitrogens is 3. The number of pyridine rings is 1. The maximum atomic E-state index is 15.1. The van der Waals surface area contributed by atoms with E-state index < -0.39 is 17.0 Å². The van der Waals surface area contributed by atoms with Gasteiger partial charge in [0.25, 0.3) is 5.91 Å². The molecule has 0 radical (unpaired) electrons. The number of amides is 1. The summed E-state index contributed by atoms with van der Waals surface area (Å²) < 4.78 is 30.8. The quantitative estimate of drug-likeness (QED) is 0.482. The Labute approximate surface area is 179 Å². The van der Waals surface area contributed by atoms with E-state index in [-0.39, 0.29) is 12.5 Å². The Kier molecular flexibility index (Phi) is 4.25. The van der Waals surface area contributed by atoms with Crippen LogP contribution in [-0.2, 0) is 18.9 Å². The van der Waals surface area contributed by atoms with E-state index in [9.17, 15) is 9.18 Å². The molecule has 0 saturated heterocycles. The smallest absolute Gasteiger partial charge is 0.255 e. The molecule has 4 aromatic rings. The molecule has 1 amide bonds. The Hall–Kier alpha value is -3.48. The van der Waals surface area contributed by atoms with Crippen molar-refractivity contribution in [1.82, 2.24) is 19.7 Å². The first kappa shape index (κ1) is 19.5. The Morgan fingerprint density at radius 3 is 2.65 bits per heavy atom. The Balaban J connectivity index is 1.51. The molecule has 2 aromatic heterocycles. The molecule has 1 aliphatic rings. The monoisotopic (exact) mass is 414 g/mol. The van der Waals surface area contributed by atoms with Crippen LogP contribution < -0.4 is 0 Å². The van der Waals surface area contributed by atoms with Crippen molar-refractivity contribution in [2.75, 3.05) is 0 Å². The molecular weight excluding hydrogens is 396 g/mol. The van der Waals surface area contributed by atoms with Crippen LogP contribution in [0.25, 0.3) is 22.0 Å². The summed E-state index contributed by atoms with van der Waals surface area (Å²) in [5.41, 5.74) is 3.26. The van der Waals surface area contributed by atoms with Gasteiger partial charge in [-0.2, -0.15) is 5.10 Å². The lowest BCUT2D eigenvalue weighted by Crippen LogP contribution is -2.44. The summed E-state index contributed by atoms with van der Waals surface area (Å²) in [5.74, 6) is -1.05. The molecule has 0 spiro atoms. The van der Waals surface area contributed by atoms with Crippen molar-refractivity contribution in [2.24, 2.45) is 7.05 Å². The summed E-state index contributed by atoms with van der Waals surface area (Å²) in [6.45, 7) is 0.111. The van der Waals surface area contributed by atoms with E-state index in [4.69, 9.17) is 0 Å². The Bertz CT molecular complexity index is 1370. The molecule has 0 atom stereocenters. The summed E-state index contributed by atoms with van der Waals surface area (Å²) in [4.78, 5) is 18.9. The fourth-order valence-corrected chi connectivity index (χ4v) is 4.32. The van der Waals surface area contributed by atoms with Gasteiger partial charge in [-0.05, 0) is 35.4 Å². The third kappa shape index (κ3) is 3.03. The first-order valence-corrected chi connectivity index (χ1v) is 9.95. The number of fused-ring (bicyclic) bond motifs is 2. The molecule has 1 aliphatic heterocycles. The van der Waals surface area contributed by atoms with Crippen LogP contribution in [0.2, 0.25) is 0 Å². The number of carbonyl (C=O) groups excluding carboxylic acids is 1. The first-order chi connectivity index (χ1) is 14.8. The third-order valence-corrected chi connectivity index (χ3v) is 5.93. The van der Waals surface area contributed by atoms with Crippen LogP contribution in [0, 0.1) is 11.6 Å². The number of nitrogens with zero attached hydrogens (tertiary/aromatic N) is 4. The highest BCUT2D eigenvalue weighted by atomic mass is 19.1.